The monoisotopic (exact) mass is 483 g/mol. The molecule has 1 N–H and O–H groups in total. The summed E-state index contributed by atoms with van der Waals surface area (Å²) < 4.78 is 21.7. The third-order valence-electron chi connectivity index (χ3n) is 5.84. The van der Waals surface area contributed by atoms with Crippen molar-refractivity contribution in [2.24, 2.45) is 5.92 Å². The summed E-state index contributed by atoms with van der Waals surface area (Å²) in [4.78, 5) is 27.6. The Morgan fingerprint density at radius 1 is 1.03 bits per heavy atom. The molecule has 0 bridgehead atoms. The zero-order valence-electron chi connectivity index (χ0n) is 21.1. The second-order valence-electron chi connectivity index (χ2n) is 8.78. The number of aliphatic hydroxyl groups is 1. The number of nitrogens with zero attached hydrogens (tertiary/aromatic N) is 1. The second-order valence-corrected chi connectivity index (χ2v) is 8.78. The van der Waals surface area contributed by atoms with Crippen LogP contribution in [-0.2, 0) is 14.3 Å². The molecule has 1 heterocycles. The SMILES string of the molecule is COCCN1C(=O)C(=O)C(=C(O)c2ccc(OCC(C)C)cc2C)[C@@H]1c1ccc(OC)c(OC)c1. The van der Waals surface area contributed by atoms with Crippen molar-refractivity contribution in [1.29, 1.82) is 0 Å². The topological polar surface area (TPSA) is 94.5 Å². The van der Waals surface area contributed by atoms with Crippen LogP contribution >= 0.6 is 0 Å². The predicted octanol–water partition coefficient (Wildman–Crippen LogP) is 4.12. The number of rotatable bonds is 10. The summed E-state index contributed by atoms with van der Waals surface area (Å²) in [6, 6.07) is 9.60. The van der Waals surface area contributed by atoms with Crippen molar-refractivity contribution >= 4 is 17.4 Å². The van der Waals surface area contributed by atoms with E-state index in [1.54, 1.807) is 30.3 Å². The first-order chi connectivity index (χ1) is 16.7. The van der Waals surface area contributed by atoms with Crippen molar-refractivity contribution in [1.82, 2.24) is 4.90 Å². The first-order valence-corrected chi connectivity index (χ1v) is 11.5. The lowest BCUT2D eigenvalue weighted by Gasteiger charge is -2.25. The highest BCUT2D eigenvalue weighted by Gasteiger charge is 2.46. The van der Waals surface area contributed by atoms with Crippen LogP contribution in [0.5, 0.6) is 17.2 Å². The van der Waals surface area contributed by atoms with Gasteiger partial charge in [-0.25, -0.2) is 0 Å². The van der Waals surface area contributed by atoms with Gasteiger partial charge in [0.15, 0.2) is 11.5 Å². The minimum Gasteiger partial charge on any atom is -0.507 e. The minimum absolute atomic E-state index is 0.0114. The van der Waals surface area contributed by atoms with Crippen LogP contribution in [0.1, 0.15) is 36.6 Å². The number of aliphatic hydroxyl groups excluding tert-OH is 1. The molecule has 8 heteroatoms. The third kappa shape index (κ3) is 5.43. The summed E-state index contributed by atoms with van der Waals surface area (Å²) in [5.41, 5.74) is 1.79. The molecule has 0 aliphatic carbocycles. The number of ketones is 1. The van der Waals surface area contributed by atoms with E-state index in [9.17, 15) is 14.7 Å². The van der Waals surface area contributed by atoms with Crippen molar-refractivity contribution in [3.05, 3.63) is 58.7 Å². The molecule has 35 heavy (non-hydrogen) atoms. The number of amides is 1. The molecule has 2 aromatic rings. The van der Waals surface area contributed by atoms with Gasteiger partial charge < -0.3 is 29.0 Å². The van der Waals surface area contributed by atoms with Gasteiger partial charge in [0.05, 0.1) is 39.0 Å². The maximum atomic E-state index is 13.2. The number of aryl methyl sites for hydroxylation is 1. The number of Topliss-reactive ketones (excluding diaryl/α,β-unsaturated/α-hetero) is 1. The quantitative estimate of drug-likeness (QED) is 0.309. The van der Waals surface area contributed by atoms with Crippen LogP contribution in [0.15, 0.2) is 42.0 Å². The Kier molecular flexibility index (Phi) is 8.40. The average Bonchev–Trinajstić information content (AvgIpc) is 3.10. The summed E-state index contributed by atoms with van der Waals surface area (Å²) in [7, 11) is 4.56. The van der Waals surface area contributed by atoms with E-state index in [0.29, 0.717) is 40.9 Å². The molecule has 1 atom stereocenters. The molecule has 1 aliphatic heterocycles. The third-order valence-corrected chi connectivity index (χ3v) is 5.84. The van der Waals surface area contributed by atoms with Gasteiger partial charge in [0.2, 0.25) is 0 Å². The first-order valence-electron chi connectivity index (χ1n) is 11.5. The number of ether oxygens (including phenoxy) is 4. The smallest absolute Gasteiger partial charge is 0.295 e. The molecular formula is C27H33NO7. The largest absolute Gasteiger partial charge is 0.507 e. The zero-order chi connectivity index (χ0) is 25.7. The van der Waals surface area contributed by atoms with Crippen LogP contribution in [0.2, 0.25) is 0 Å². The maximum absolute atomic E-state index is 13.2. The minimum atomic E-state index is -0.818. The van der Waals surface area contributed by atoms with Crippen LogP contribution in [0.4, 0.5) is 0 Å². The Hall–Kier alpha value is -3.52. The van der Waals surface area contributed by atoms with E-state index < -0.39 is 17.7 Å². The predicted molar refractivity (Wildman–Crippen MR) is 132 cm³/mol. The van der Waals surface area contributed by atoms with E-state index >= 15 is 0 Å². The van der Waals surface area contributed by atoms with E-state index in [1.807, 2.05) is 13.0 Å². The molecule has 8 nitrogen and oxygen atoms in total. The highest BCUT2D eigenvalue weighted by Crippen LogP contribution is 2.42. The number of hydrogen-bond donors (Lipinski definition) is 1. The first kappa shape index (κ1) is 26.1. The molecule has 1 saturated heterocycles. The summed E-state index contributed by atoms with van der Waals surface area (Å²) in [6.45, 7) is 6.92. The fraction of sp³-hybridized carbons (Fsp3) is 0.407. The number of likely N-dealkylation sites (tertiary alicyclic amines) is 1. The molecule has 2 aromatic carbocycles. The van der Waals surface area contributed by atoms with Gasteiger partial charge in [0.1, 0.15) is 11.5 Å². The molecule has 0 aromatic heterocycles. The zero-order valence-corrected chi connectivity index (χ0v) is 21.1. The number of methoxy groups -OCH3 is 3. The van der Waals surface area contributed by atoms with Gasteiger partial charge in [-0.15, -0.1) is 0 Å². The Bertz CT molecular complexity index is 1120. The Balaban J connectivity index is 2.13. The van der Waals surface area contributed by atoms with E-state index in [4.69, 9.17) is 18.9 Å². The lowest BCUT2D eigenvalue weighted by molar-refractivity contribution is -0.140. The summed E-state index contributed by atoms with van der Waals surface area (Å²) in [5.74, 6) is 0.313. The van der Waals surface area contributed by atoms with Crippen LogP contribution < -0.4 is 14.2 Å². The van der Waals surface area contributed by atoms with Crippen molar-refractivity contribution in [3.8, 4) is 17.2 Å². The lowest BCUT2D eigenvalue weighted by atomic mass is 9.93. The summed E-state index contributed by atoms with van der Waals surface area (Å²) >= 11 is 0. The van der Waals surface area contributed by atoms with Gasteiger partial charge in [-0.3, -0.25) is 9.59 Å². The Labute approximate surface area is 206 Å². The van der Waals surface area contributed by atoms with E-state index in [1.165, 1.54) is 26.2 Å². The molecular weight excluding hydrogens is 450 g/mol. The van der Waals surface area contributed by atoms with E-state index in [-0.39, 0.29) is 24.5 Å². The normalized spacial score (nSPS) is 17.2. The molecule has 0 saturated carbocycles. The molecule has 3 rings (SSSR count). The Morgan fingerprint density at radius 3 is 2.34 bits per heavy atom. The molecule has 1 fully saturated rings. The van der Waals surface area contributed by atoms with E-state index in [2.05, 4.69) is 13.8 Å². The van der Waals surface area contributed by atoms with Crippen LogP contribution in [0, 0.1) is 12.8 Å². The van der Waals surface area contributed by atoms with Crippen LogP contribution in [0.25, 0.3) is 5.76 Å². The highest BCUT2D eigenvalue weighted by molar-refractivity contribution is 6.46. The molecule has 0 unspecified atom stereocenters. The number of carbonyl (C=O) groups excluding carboxylic acids is 2. The van der Waals surface area contributed by atoms with Gasteiger partial charge in [0.25, 0.3) is 11.7 Å². The van der Waals surface area contributed by atoms with Crippen molar-refractivity contribution in [3.63, 3.8) is 0 Å². The van der Waals surface area contributed by atoms with Crippen LogP contribution in [0.3, 0.4) is 0 Å². The van der Waals surface area contributed by atoms with Crippen molar-refractivity contribution < 1.29 is 33.6 Å². The molecule has 0 radical (unpaired) electrons. The van der Waals surface area contributed by atoms with Gasteiger partial charge in [-0.1, -0.05) is 19.9 Å². The van der Waals surface area contributed by atoms with Crippen molar-refractivity contribution in [2.75, 3.05) is 41.1 Å². The van der Waals surface area contributed by atoms with Crippen LogP contribution in [-0.4, -0.2) is 62.8 Å². The highest BCUT2D eigenvalue weighted by atomic mass is 16.5. The molecule has 0 spiro atoms. The van der Waals surface area contributed by atoms with Crippen molar-refractivity contribution in [2.45, 2.75) is 26.8 Å². The van der Waals surface area contributed by atoms with Gasteiger partial charge in [-0.05, 0) is 54.3 Å². The summed E-state index contributed by atoms with van der Waals surface area (Å²) in [6.07, 6.45) is 0. The molecule has 188 valence electrons. The molecule has 1 aliphatic rings. The fourth-order valence-corrected chi connectivity index (χ4v) is 4.07. The number of carbonyl (C=O) groups is 2. The Morgan fingerprint density at radius 2 is 1.74 bits per heavy atom. The molecule has 1 amide bonds. The van der Waals surface area contributed by atoms with Gasteiger partial charge in [0, 0.05) is 19.2 Å². The fourth-order valence-electron chi connectivity index (χ4n) is 4.07. The maximum Gasteiger partial charge on any atom is 0.295 e. The van der Waals surface area contributed by atoms with E-state index in [0.717, 1.165) is 5.56 Å². The standard InChI is InChI=1S/C27H33NO7/c1-16(2)15-35-19-8-9-20(17(3)13-19)25(29)23-24(28(11-12-32-4)27(31)26(23)30)18-7-10-21(33-5)22(14-18)34-6/h7-10,13-14,16,24,29H,11-12,15H2,1-6H3/t24-/m0/s1. The number of benzene rings is 2. The van der Waals surface area contributed by atoms with Gasteiger partial charge >= 0.3 is 0 Å². The average molecular weight is 484 g/mol. The number of hydrogen-bond acceptors (Lipinski definition) is 7. The summed E-state index contributed by atoms with van der Waals surface area (Å²) in [5, 5.41) is 11.4. The lowest BCUT2D eigenvalue weighted by Crippen LogP contribution is -2.32. The second kappa shape index (κ2) is 11.3. The van der Waals surface area contributed by atoms with Gasteiger partial charge in [-0.2, -0.15) is 0 Å².